The van der Waals surface area contributed by atoms with Crippen LogP contribution in [0.1, 0.15) is 19.3 Å². The van der Waals surface area contributed by atoms with Crippen molar-refractivity contribution in [2.24, 2.45) is 5.92 Å². The molecule has 2 aliphatic rings. The van der Waals surface area contributed by atoms with Crippen LogP contribution in [0.15, 0.2) is 23.1 Å². The van der Waals surface area contributed by atoms with Crippen LogP contribution in [0, 0.1) is 5.92 Å². The quantitative estimate of drug-likeness (QED) is 0.793. The minimum Gasteiger partial charge on any atom is -0.490 e. The van der Waals surface area contributed by atoms with Gasteiger partial charge in [0.1, 0.15) is 0 Å². The lowest BCUT2D eigenvalue weighted by Crippen LogP contribution is -2.42. The lowest BCUT2D eigenvalue weighted by molar-refractivity contribution is -0.122. The SMILES string of the molecule is O=C(NNS(=O)(=O)c1ccc2c(c1)OCCCO2)C1CC1. The molecule has 1 aliphatic heterocycles. The molecule has 2 N–H and O–H groups in total. The lowest BCUT2D eigenvalue weighted by atomic mass is 10.3. The van der Waals surface area contributed by atoms with E-state index in [1.807, 2.05) is 0 Å². The van der Waals surface area contributed by atoms with E-state index in [9.17, 15) is 13.2 Å². The number of amides is 1. The fourth-order valence-corrected chi connectivity index (χ4v) is 2.80. The summed E-state index contributed by atoms with van der Waals surface area (Å²) < 4.78 is 35.2. The molecule has 0 atom stereocenters. The zero-order chi connectivity index (χ0) is 14.9. The molecule has 0 spiro atoms. The van der Waals surface area contributed by atoms with Crippen LogP contribution in [0.2, 0.25) is 0 Å². The van der Waals surface area contributed by atoms with Crippen LogP contribution < -0.4 is 19.7 Å². The first-order valence-corrected chi connectivity index (χ1v) is 8.26. The minimum atomic E-state index is -3.82. The van der Waals surface area contributed by atoms with Crippen LogP contribution >= 0.6 is 0 Å². The summed E-state index contributed by atoms with van der Waals surface area (Å²) in [5, 5.41) is 0. The van der Waals surface area contributed by atoms with Crippen molar-refractivity contribution < 1.29 is 22.7 Å². The summed E-state index contributed by atoms with van der Waals surface area (Å²) in [6, 6.07) is 4.36. The van der Waals surface area contributed by atoms with Gasteiger partial charge in [-0.05, 0) is 25.0 Å². The first-order chi connectivity index (χ1) is 10.1. The Bertz CT molecular complexity index is 655. The number of carbonyl (C=O) groups excluding carboxylic acids is 1. The average molecular weight is 312 g/mol. The third-order valence-electron chi connectivity index (χ3n) is 3.29. The van der Waals surface area contributed by atoms with Gasteiger partial charge in [0, 0.05) is 18.4 Å². The molecule has 21 heavy (non-hydrogen) atoms. The molecule has 0 aromatic heterocycles. The van der Waals surface area contributed by atoms with Gasteiger partial charge in [-0.3, -0.25) is 10.2 Å². The first kappa shape index (κ1) is 14.2. The molecule has 1 aromatic carbocycles. The first-order valence-electron chi connectivity index (χ1n) is 6.77. The van der Waals surface area contributed by atoms with Gasteiger partial charge in [0.2, 0.25) is 5.91 Å². The Morgan fingerprint density at radius 1 is 1.14 bits per heavy atom. The molecular weight excluding hydrogens is 296 g/mol. The summed E-state index contributed by atoms with van der Waals surface area (Å²) in [4.78, 5) is 13.6. The van der Waals surface area contributed by atoms with Crippen LogP contribution in [-0.4, -0.2) is 27.5 Å². The third-order valence-corrected chi connectivity index (χ3v) is 4.53. The van der Waals surface area contributed by atoms with Crippen LogP contribution in [0.25, 0.3) is 0 Å². The van der Waals surface area contributed by atoms with Crippen molar-refractivity contribution in [3.05, 3.63) is 18.2 Å². The molecule has 0 unspecified atom stereocenters. The number of hydrogen-bond donors (Lipinski definition) is 2. The van der Waals surface area contributed by atoms with Gasteiger partial charge in [-0.25, -0.2) is 8.42 Å². The van der Waals surface area contributed by atoms with Gasteiger partial charge in [0.15, 0.2) is 11.5 Å². The highest BCUT2D eigenvalue weighted by molar-refractivity contribution is 7.89. The van der Waals surface area contributed by atoms with Crippen molar-refractivity contribution in [2.75, 3.05) is 13.2 Å². The number of ether oxygens (including phenoxy) is 2. The van der Waals surface area contributed by atoms with Crippen molar-refractivity contribution in [2.45, 2.75) is 24.2 Å². The second kappa shape index (κ2) is 5.53. The standard InChI is InChI=1S/C13H16N2O5S/c16-13(9-2-3-9)14-15-21(17,18)10-4-5-11-12(8-10)20-7-1-6-19-11/h4-5,8-9,15H,1-3,6-7H2,(H,14,16). The second-order valence-electron chi connectivity index (χ2n) is 5.03. The van der Waals surface area contributed by atoms with E-state index in [4.69, 9.17) is 9.47 Å². The predicted octanol–water partition coefficient (Wildman–Crippen LogP) is 0.567. The van der Waals surface area contributed by atoms with Gasteiger partial charge < -0.3 is 9.47 Å². The molecule has 114 valence electrons. The summed E-state index contributed by atoms with van der Waals surface area (Å²) in [5.41, 5.74) is 2.23. The van der Waals surface area contributed by atoms with E-state index in [1.54, 1.807) is 6.07 Å². The van der Waals surface area contributed by atoms with E-state index < -0.39 is 10.0 Å². The molecule has 0 bridgehead atoms. The number of hydrogen-bond acceptors (Lipinski definition) is 5. The Balaban J connectivity index is 1.75. The van der Waals surface area contributed by atoms with Gasteiger partial charge in [-0.1, -0.05) is 0 Å². The Labute approximate surface area is 122 Å². The Hall–Kier alpha value is -1.80. The maximum absolute atomic E-state index is 12.1. The largest absolute Gasteiger partial charge is 0.490 e. The number of nitrogens with one attached hydrogen (secondary N) is 2. The molecule has 0 radical (unpaired) electrons. The van der Waals surface area contributed by atoms with Crippen molar-refractivity contribution in [3.63, 3.8) is 0 Å². The van der Waals surface area contributed by atoms with Gasteiger partial charge in [-0.15, -0.1) is 4.83 Å². The van der Waals surface area contributed by atoms with E-state index in [2.05, 4.69) is 10.3 Å². The average Bonchev–Trinajstić information content (AvgIpc) is 3.30. The van der Waals surface area contributed by atoms with E-state index in [-0.39, 0.29) is 16.7 Å². The van der Waals surface area contributed by atoms with E-state index in [0.29, 0.717) is 24.7 Å². The number of carbonyl (C=O) groups is 1. The monoisotopic (exact) mass is 312 g/mol. The Morgan fingerprint density at radius 3 is 2.57 bits per heavy atom. The topological polar surface area (TPSA) is 93.7 Å². The fraction of sp³-hybridized carbons (Fsp3) is 0.462. The van der Waals surface area contributed by atoms with E-state index in [1.165, 1.54) is 12.1 Å². The van der Waals surface area contributed by atoms with Crippen LogP contribution in [0.4, 0.5) is 0 Å². The molecule has 1 fully saturated rings. The van der Waals surface area contributed by atoms with Crippen LogP contribution in [0.3, 0.4) is 0 Å². The molecular formula is C13H16N2O5S. The van der Waals surface area contributed by atoms with E-state index in [0.717, 1.165) is 19.3 Å². The summed E-state index contributed by atoms with van der Waals surface area (Å²) in [7, 11) is -3.82. The molecule has 7 nitrogen and oxygen atoms in total. The van der Waals surface area contributed by atoms with Crippen molar-refractivity contribution in [1.29, 1.82) is 0 Å². The molecule has 1 aromatic rings. The maximum Gasteiger partial charge on any atom is 0.257 e. The summed E-state index contributed by atoms with van der Waals surface area (Å²) in [6.45, 7) is 1.01. The zero-order valence-electron chi connectivity index (χ0n) is 11.3. The number of fused-ring (bicyclic) bond motifs is 1. The number of rotatable bonds is 4. The lowest BCUT2D eigenvalue weighted by Gasteiger charge is -2.11. The van der Waals surface area contributed by atoms with Gasteiger partial charge in [0.05, 0.1) is 18.1 Å². The highest BCUT2D eigenvalue weighted by atomic mass is 32.2. The number of sulfonamides is 1. The molecule has 1 saturated carbocycles. The molecule has 3 rings (SSSR count). The molecule has 1 heterocycles. The minimum absolute atomic E-state index is 0.0165. The smallest absolute Gasteiger partial charge is 0.257 e. The van der Waals surface area contributed by atoms with E-state index >= 15 is 0 Å². The van der Waals surface area contributed by atoms with Gasteiger partial charge >= 0.3 is 0 Å². The zero-order valence-corrected chi connectivity index (χ0v) is 12.1. The molecule has 1 aliphatic carbocycles. The van der Waals surface area contributed by atoms with Crippen LogP contribution in [-0.2, 0) is 14.8 Å². The van der Waals surface area contributed by atoms with Crippen molar-refractivity contribution in [3.8, 4) is 11.5 Å². The molecule has 1 amide bonds. The van der Waals surface area contributed by atoms with Gasteiger partial charge in [0.25, 0.3) is 10.0 Å². The Morgan fingerprint density at radius 2 is 1.86 bits per heavy atom. The molecule has 8 heteroatoms. The second-order valence-corrected chi connectivity index (χ2v) is 6.71. The van der Waals surface area contributed by atoms with Crippen LogP contribution in [0.5, 0.6) is 11.5 Å². The number of benzene rings is 1. The highest BCUT2D eigenvalue weighted by Crippen LogP contribution is 2.32. The predicted molar refractivity (Wildman–Crippen MR) is 73.2 cm³/mol. The molecule has 0 saturated heterocycles. The van der Waals surface area contributed by atoms with Crippen molar-refractivity contribution in [1.82, 2.24) is 10.3 Å². The maximum atomic E-state index is 12.1. The summed E-state index contributed by atoms with van der Waals surface area (Å²) in [5.74, 6) is 0.543. The normalized spacial score (nSPS) is 17.9. The Kier molecular flexibility index (Phi) is 3.73. The van der Waals surface area contributed by atoms with Crippen molar-refractivity contribution >= 4 is 15.9 Å². The van der Waals surface area contributed by atoms with Gasteiger partial charge in [-0.2, -0.15) is 0 Å². The summed E-state index contributed by atoms with van der Waals surface area (Å²) >= 11 is 0. The number of hydrazine groups is 1. The fourth-order valence-electron chi connectivity index (χ4n) is 1.93. The third kappa shape index (κ3) is 3.27. The highest BCUT2D eigenvalue weighted by Gasteiger charge is 2.30. The summed E-state index contributed by atoms with van der Waals surface area (Å²) in [6.07, 6.45) is 2.35.